The van der Waals surface area contributed by atoms with Gasteiger partial charge in [-0.1, -0.05) is 56.3 Å². The number of nitrogens with one attached hydrogen (secondary N) is 1. The minimum atomic E-state index is 0.0721. The average Bonchev–Trinajstić information content (AvgIpc) is 3.02. The molecule has 2 heterocycles. The zero-order chi connectivity index (χ0) is 23.4. The molecule has 1 aromatic heterocycles. The Kier molecular flexibility index (Phi) is 7.51. The minimum Gasteiger partial charge on any atom is -0.308 e. The van der Waals surface area contributed by atoms with Gasteiger partial charge in [0.15, 0.2) is 0 Å². The highest BCUT2D eigenvalue weighted by Gasteiger charge is 2.22. The van der Waals surface area contributed by atoms with Crippen LogP contribution in [0.4, 0.5) is 0 Å². The maximum Gasteiger partial charge on any atom is 0.276 e. The van der Waals surface area contributed by atoms with Gasteiger partial charge in [0, 0.05) is 38.4 Å². The Balaban J connectivity index is 1.37. The summed E-state index contributed by atoms with van der Waals surface area (Å²) >= 11 is 0. The van der Waals surface area contributed by atoms with E-state index in [2.05, 4.69) is 48.3 Å². The van der Waals surface area contributed by atoms with Gasteiger partial charge in [0.2, 0.25) is 0 Å². The molecule has 1 atom stereocenters. The summed E-state index contributed by atoms with van der Waals surface area (Å²) in [5.41, 5.74) is 5.66. The molecule has 0 aliphatic carbocycles. The standard InChI is InChI=1S/C28H38N4O/c1-21(2)17-23-12-14-24(15-13-23)19-31-16-8-9-25(20-31)29-18-27-22(3)30(4)32(28(27)33)26-10-6-5-7-11-26/h5-7,10-15,21,25,29H,8-9,16-20H2,1-4H3/t25-/m1/s1. The van der Waals surface area contributed by atoms with Crippen LogP contribution in [0, 0.1) is 12.8 Å². The fourth-order valence-corrected chi connectivity index (χ4v) is 4.95. The number of rotatable bonds is 8. The van der Waals surface area contributed by atoms with E-state index in [9.17, 15) is 4.79 Å². The molecule has 0 bridgehead atoms. The third kappa shape index (κ3) is 5.66. The lowest BCUT2D eigenvalue weighted by Crippen LogP contribution is -2.45. The first-order valence-corrected chi connectivity index (χ1v) is 12.3. The predicted octanol–water partition coefficient (Wildman–Crippen LogP) is 4.44. The van der Waals surface area contributed by atoms with E-state index in [1.54, 1.807) is 4.68 Å². The van der Waals surface area contributed by atoms with E-state index in [1.807, 2.05) is 49.0 Å². The van der Waals surface area contributed by atoms with Crippen molar-refractivity contribution in [1.29, 1.82) is 0 Å². The Morgan fingerprint density at radius 2 is 1.73 bits per heavy atom. The predicted molar refractivity (Wildman–Crippen MR) is 136 cm³/mol. The van der Waals surface area contributed by atoms with Crippen molar-refractivity contribution in [3.63, 3.8) is 0 Å². The molecule has 3 aromatic rings. The molecule has 0 saturated carbocycles. The normalized spacial score (nSPS) is 17.1. The first-order valence-electron chi connectivity index (χ1n) is 12.3. The molecular weight excluding hydrogens is 408 g/mol. The summed E-state index contributed by atoms with van der Waals surface area (Å²) in [5.74, 6) is 0.690. The van der Waals surface area contributed by atoms with E-state index in [-0.39, 0.29) is 5.56 Å². The molecule has 1 fully saturated rings. The molecule has 0 radical (unpaired) electrons. The van der Waals surface area contributed by atoms with E-state index >= 15 is 0 Å². The fourth-order valence-electron chi connectivity index (χ4n) is 4.95. The van der Waals surface area contributed by atoms with Crippen LogP contribution in [0.15, 0.2) is 59.4 Å². The molecule has 0 unspecified atom stereocenters. The second kappa shape index (κ2) is 10.5. The van der Waals surface area contributed by atoms with Gasteiger partial charge in [-0.3, -0.25) is 14.4 Å². The van der Waals surface area contributed by atoms with Gasteiger partial charge in [-0.2, -0.15) is 0 Å². The summed E-state index contributed by atoms with van der Waals surface area (Å²) in [6.07, 6.45) is 3.48. The summed E-state index contributed by atoms with van der Waals surface area (Å²) in [6, 6.07) is 19.4. The number of hydrogen-bond donors (Lipinski definition) is 1. The Bertz CT molecular complexity index is 1100. The van der Waals surface area contributed by atoms with E-state index in [0.29, 0.717) is 18.5 Å². The van der Waals surface area contributed by atoms with Crippen LogP contribution in [0.1, 0.15) is 49.1 Å². The number of piperidine rings is 1. The number of nitrogens with zero attached hydrogens (tertiary/aromatic N) is 3. The lowest BCUT2D eigenvalue weighted by Gasteiger charge is -2.33. The smallest absolute Gasteiger partial charge is 0.276 e. The highest BCUT2D eigenvalue weighted by molar-refractivity contribution is 5.33. The van der Waals surface area contributed by atoms with E-state index in [1.165, 1.54) is 17.5 Å². The molecule has 33 heavy (non-hydrogen) atoms. The second-order valence-electron chi connectivity index (χ2n) is 9.91. The highest BCUT2D eigenvalue weighted by Crippen LogP contribution is 2.17. The first-order chi connectivity index (χ1) is 15.9. The van der Waals surface area contributed by atoms with E-state index in [4.69, 9.17) is 0 Å². The molecule has 1 aliphatic heterocycles. The van der Waals surface area contributed by atoms with Crippen LogP contribution >= 0.6 is 0 Å². The van der Waals surface area contributed by atoms with Gasteiger partial charge in [-0.25, -0.2) is 4.68 Å². The van der Waals surface area contributed by atoms with Crippen molar-refractivity contribution < 1.29 is 0 Å². The summed E-state index contributed by atoms with van der Waals surface area (Å²) < 4.78 is 3.73. The van der Waals surface area contributed by atoms with Crippen molar-refractivity contribution in [2.45, 2.75) is 59.2 Å². The van der Waals surface area contributed by atoms with Crippen molar-refractivity contribution in [3.05, 3.63) is 87.3 Å². The lowest BCUT2D eigenvalue weighted by atomic mass is 10.0. The Morgan fingerprint density at radius 3 is 2.42 bits per heavy atom. The van der Waals surface area contributed by atoms with Crippen LogP contribution in [0.3, 0.4) is 0 Å². The van der Waals surface area contributed by atoms with Gasteiger partial charge in [0.05, 0.1) is 11.3 Å². The molecule has 1 saturated heterocycles. The molecule has 176 valence electrons. The molecule has 0 amide bonds. The molecule has 0 spiro atoms. The quantitative estimate of drug-likeness (QED) is 0.556. The monoisotopic (exact) mass is 446 g/mol. The summed E-state index contributed by atoms with van der Waals surface area (Å²) in [5, 5.41) is 3.69. The van der Waals surface area contributed by atoms with Crippen LogP contribution in [0.2, 0.25) is 0 Å². The zero-order valence-corrected chi connectivity index (χ0v) is 20.6. The van der Waals surface area contributed by atoms with Gasteiger partial charge in [0.25, 0.3) is 5.56 Å². The third-order valence-electron chi connectivity index (χ3n) is 6.82. The largest absolute Gasteiger partial charge is 0.308 e. The molecule has 4 rings (SSSR count). The average molecular weight is 447 g/mol. The molecule has 5 nitrogen and oxygen atoms in total. The van der Waals surface area contributed by atoms with Crippen LogP contribution in [0.25, 0.3) is 5.69 Å². The number of likely N-dealkylation sites (tertiary alicyclic amines) is 1. The number of benzene rings is 2. The van der Waals surface area contributed by atoms with Crippen LogP contribution < -0.4 is 10.9 Å². The van der Waals surface area contributed by atoms with E-state index in [0.717, 1.165) is 49.4 Å². The van der Waals surface area contributed by atoms with Gasteiger partial charge in [-0.15, -0.1) is 0 Å². The van der Waals surface area contributed by atoms with E-state index < -0.39 is 0 Å². The second-order valence-corrected chi connectivity index (χ2v) is 9.91. The van der Waals surface area contributed by atoms with Crippen molar-refractivity contribution in [2.24, 2.45) is 13.0 Å². The first kappa shape index (κ1) is 23.5. The SMILES string of the molecule is Cc1c(CN[C@@H]2CCCN(Cc3ccc(CC(C)C)cc3)C2)c(=O)n(-c2ccccc2)n1C. The van der Waals surface area contributed by atoms with Crippen molar-refractivity contribution in [1.82, 2.24) is 19.6 Å². The van der Waals surface area contributed by atoms with Crippen LogP contribution in [0.5, 0.6) is 0 Å². The molecule has 5 heteroatoms. The maximum absolute atomic E-state index is 13.2. The molecule has 2 aromatic carbocycles. The minimum absolute atomic E-state index is 0.0721. The fraction of sp³-hybridized carbons (Fsp3) is 0.464. The Hall–Kier alpha value is -2.63. The van der Waals surface area contributed by atoms with Crippen LogP contribution in [-0.4, -0.2) is 33.4 Å². The Labute approximate surface area is 198 Å². The molecule has 1 aliphatic rings. The summed E-state index contributed by atoms with van der Waals surface area (Å²) in [4.78, 5) is 15.7. The Morgan fingerprint density at radius 1 is 1.03 bits per heavy atom. The van der Waals surface area contributed by atoms with Crippen LogP contribution in [-0.2, 0) is 26.6 Å². The third-order valence-corrected chi connectivity index (χ3v) is 6.82. The zero-order valence-electron chi connectivity index (χ0n) is 20.6. The summed E-state index contributed by atoms with van der Waals surface area (Å²) in [6.45, 7) is 10.3. The van der Waals surface area contributed by atoms with Gasteiger partial charge >= 0.3 is 0 Å². The van der Waals surface area contributed by atoms with Gasteiger partial charge in [-0.05, 0) is 61.9 Å². The number of hydrogen-bond acceptors (Lipinski definition) is 3. The highest BCUT2D eigenvalue weighted by atomic mass is 16.1. The van der Waals surface area contributed by atoms with Crippen molar-refractivity contribution in [2.75, 3.05) is 13.1 Å². The topological polar surface area (TPSA) is 42.2 Å². The maximum atomic E-state index is 13.2. The van der Waals surface area contributed by atoms with Gasteiger partial charge in [0.1, 0.15) is 0 Å². The van der Waals surface area contributed by atoms with Gasteiger partial charge < -0.3 is 5.32 Å². The van der Waals surface area contributed by atoms with Crippen molar-refractivity contribution in [3.8, 4) is 5.69 Å². The van der Waals surface area contributed by atoms with Crippen molar-refractivity contribution >= 4 is 0 Å². The molecule has 1 N–H and O–H groups in total. The summed E-state index contributed by atoms with van der Waals surface area (Å²) in [7, 11) is 1.96. The molecular formula is C28H38N4O. The number of aromatic nitrogens is 2. The number of para-hydroxylation sites is 1. The lowest BCUT2D eigenvalue weighted by molar-refractivity contribution is 0.182.